The lowest BCUT2D eigenvalue weighted by molar-refractivity contribution is -0.384. The maximum Gasteiger partial charge on any atom is 0.269 e. The van der Waals surface area contributed by atoms with Crippen molar-refractivity contribution in [3.8, 4) is 0 Å². The van der Waals surface area contributed by atoms with Crippen molar-refractivity contribution in [2.75, 3.05) is 32.7 Å². The largest absolute Gasteiger partial charge is 0.338 e. The van der Waals surface area contributed by atoms with Crippen molar-refractivity contribution in [2.24, 2.45) is 0 Å². The van der Waals surface area contributed by atoms with Crippen molar-refractivity contribution in [2.45, 2.75) is 18.9 Å². The highest BCUT2D eigenvalue weighted by Gasteiger charge is 2.30. The van der Waals surface area contributed by atoms with Gasteiger partial charge in [0.25, 0.3) is 11.6 Å². The van der Waals surface area contributed by atoms with Crippen molar-refractivity contribution in [3.05, 3.63) is 39.9 Å². The summed E-state index contributed by atoms with van der Waals surface area (Å²) in [4.78, 5) is 38.5. The summed E-state index contributed by atoms with van der Waals surface area (Å²) in [5.41, 5.74) is 0.392. The van der Waals surface area contributed by atoms with Crippen LogP contribution in [0.15, 0.2) is 24.3 Å². The van der Waals surface area contributed by atoms with Crippen LogP contribution in [-0.2, 0) is 4.79 Å². The molecule has 1 aromatic rings. The first kappa shape index (κ1) is 16.4. The molecule has 0 radical (unpaired) electrons. The Labute approximate surface area is 139 Å². The summed E-state index contributed by atoms with van der Waals surface area (Å²) >= 11 is 0. The number of carbonyl (C=O) groups excluding carboxylic acids is 2. The Kier molecular flexibility index (Phi) is 4.75. The normalized spacial score (nSPS) is 20.9. The molecule has 2 amide bonds. The lowest BCUT2D eigenvalue weighted by Gasteiger charge is -2.36. The molecule has 2 heterocycles. The van der Waals surface area contributed by atoms with Crippen molar-refractivity contribution in [3.63, 3.8) is 0 Å². The number of amides is 2. The summed E-state index contributed by atoms with van der Waals surface area (Å²) < 4.78 is 0. The third kappa shape index (κ3) is 3.38. The lowest BCUT2D eigenvalue weighted by Crippen LogP contribution is -2.54. The maximum atomic E-state index is 12.5. The smallest absolute Gasteiger partial charge is 0.269 e. The van der Waals surface area contributed by atoms with Crippen LogP contribution in [0.5, 0.6) is 0 Å². The molecule has 0 saturated carbocycles. The number of rotatable bonds is 3. The van der Waals surface area contributed by atoms with E-state index in [9.17, 15) is 19.7 Å². The molecule has 128 valence electrons. The zero-order chi connectivity index (χ0) is 17.1. The number of nitro benzene ring substituents is 1. The van der Waals surface area contributed by atoms with Gasteiger partial charge in [0, 0.05) is 43.9 Å². The molecule has 1 atom stereocenters. The second-order valence-corrected chi connectivity index (χ2v) is 6.07. The molecule has 2 aliphatic heterocycles. The van der Waals surface area contributed by atoms with Crippen LogP contribution < -0.4 is 5.32 Å². The topological polar surface area (TPSA) is 95.8 Å². The van der Waals surface area contributed by atoms with Gasteiger partial charge in [-0.25, -0.2) is 0 Å². The molecule has 1 unspecified atom stereocenters. The number of nitro groups is 1. The molecular weight excluding hydrogens is 312 g/mol. The van der Waals surface area contributed by atoms with E-state index >= 15 is 0 Å². The van der Waals surface area contributed by atoms with Gasteiger partial charge in [0.05, 0.1) is 11.0 Å². The van der Waals surface area contributed by atoms with Crippen molar-refractivity contribution in [1.29, 1.82) is 0 Å². The highest BCUT2D eigenvalue weighted by Crippen LogP contribution is 2.16. The van der Waals surface area contributed by atoms with Crippen LogP contribution >= 0.6 is 0 Å². The number of nitrogens with zero attached hydrogens (tertiary/aromatic N) is 3. The monoisotopic (exact) mass is 332 g/mol. The second kappa shape index (κ2) is 6.96. The predicted molar refractivity (Wildman–Crippen MR) is 86.6 cm³/mol. The van der Waals surface area contributed by atoms with Crippen LogP contribution in [0.1, 0.15) is 23.2 Å². The van der Waals surface area contributed by atoms with Crippen LogP contribution in [-0.4, -0.2) is 65.3 Å². The Bertz CT molecular complexity index is 632. The van der Waals surface area contributed by atoms with E-state index in [-0.39, 0.29) is 23.5 Å². The summed E-state index contributed by atoms with van der Waals surface area (Å²) in [7, 11) is 0. The van der Waals surface area contributed by atoms with Crippen LogP contribution in [0.2, 0.25) is 0 Å². The summed E-state index contributed by atoms with van der Waals surface area (Å²) in [5.74, 6) is -0.0362. The first-order chi connectivity index (χ1) is 11.6. The van der Waals surface area contributed by atoms with Crippen LogP contribution in [0.3, 0.4) is 0 Å². The fourth-order valence-corrected chi connectivity index (χ4v) is 3.15. The first-order valence-electron chi connectivity index (χ1n) is 8.12. The van der Waals surface area contributed by atoms with E-state index in [4.69, 9.17) is 0 Å². The second-order valence-electron chi connectivity index (χ2n) is 6.07. The number of hydrogen-bond acceptors (Lipinski definition) is 5. The van der Waals surface area contributed by atoms with Gasteiger partial charge in [-0.1, -0.05) is 0 Å². The van der Waals surface area contributed by atoms with Gasteiger partial charge in [-0.15, -0.1) is 0 Å². The Morgan fingerprint density at radius 2 is 1.71 bits per heavy atom. The highest BCUT2D eigenvalue weighted by atomic mass is 16.6. The predicted octanol–water partition coefficient (Wildman–Crippen LogP) is 0.631. The molecule has 3 rings (SSSR count). The number of hydrogen-bond donors (Lipinski definition) is 1. The molecule has 2 fully saturated rings. The quantitative estimate of drug-likeness (QED) is 0.647. The number of carbonyl (C=O) groups is 2. The van der Waals surface area contributed by atoms with Gasteiger partial charge in [0.15, 0.2) is 0 Å². The van der Waals surface area contributed by atoms with E-state index in [0.29, 0.717) is 31.7 Å². The van der Waals surface area contributed by atoms with E-state index < -0.39 is 4.92 Å². The van der Waals surface area contributed by atoms with Crippen molar-refractivity contribution < 1.29 is 14.5 Å². The molecule has 0 aromatic heterocycles. The van der Waals surface area contributed by atoms with Crippen LogP contribution in [0.25, 0.3) is 0 Å². The molecule has 0 bridgehead atoms. The van der Waals surface area contributed by atoms with Gasteiger partial charge in [-0.3, -0.25) is 19.7 Å². The van der Waals surface area contributed by atoms with Crippen molar-refractivity contribution in [1.82, 2.24) is 15.1 Å². The van der Waals surface area contributed by atoms with Gasteiger partial charge < -0.3 is 15.1 Å². The number of non-ortho nitro benzene ring substituents is 1. The average molecular weight is 332 g/mol. The first-order valence-corrected chi connectivity index (χ1v) is 8.12. The van der Waals surface area contributed by atoms with E-state index in [1.807, 2.05) is 4.90 Å². The molecule has 8 heteroatoms. The van der Waals surface area contributed by atoms with Gasteiger partial charge in [-0.05, 0) is 31.5 Å². The molecule has 1 aromatic carbocycles. The Morgan fingerprint density at radius 3 is 2.25 bits per heavy atom. The van der Waals surface area contributed by atoms with E-state index in [2.05, 4.69) is 5.32 Å². The molecule has 8 nitrogen and oxygen atoms in total. The third-order valence-corrected chi connectivity index (χ3v) is 4.56. The molecule has 0 aliphatic carbocycles. The fraction of sp³-hybridized carbons (Fsp3) is 0.500. The fourth-order valence-electron chi connectivity index (χ4n) is 3.15. The van der Waals surface area contributed by atoms with Crippen LogP contribution in [0, 0.1) is 10.1 Å². The molecular formula is C16H20N4O4. The van der Waals surface area contributed by atoms with Gasteiger partial charge >= 0.3 is 0 Å². The van der Waals surface area contributed by atoms with Gasteiger partial charge in [0.2, 0.25) is 5.91 Å². The summed E-state index contributed by atoms with van der Waals surface area (Å²) in [6, 6.07) is 5.53. The Balaban J connectivity index is 1.56. The minimum Gasteiger partial charge on any atom is -0.338 e. The molecule has 1 N–H and O–H groups in total. The average Bonchev–Trinajstić information content (AvgIpc) is 3.15. The highest BCUT2D eigenvalue weighted by molar-refractivity contribution is 5.94. The van der Waals surface area contributed by atoms with Crippen molar-refractivity contribution >= 4 is 17.5 Å². The Hall–Kier alpha value is -2.48. The SMILES string of the molecule is O=C(c1ccc([N+](=O)[O-])cc1)N1CCN(C(=O)C2CCCN2)CC1. The Morgan fingerprint density at radius 1 is 1.08 bits per heavy atom. The third-order valence-electron chi connectivity index (χ3n) is 4.56. The van der Waals surface area contributed by atoms with E-state index in [1.165, 1.54) is 24.3 Å². The van der Waals surface area contributed by atoms with E-state index in [0.717, 1.165) is 19.4 Å². The standard InChI is InChI=1S/C16H20N4O4/c21-15(12-3-5-13(6-4-12)20(23)24)18-8-10-19(11-9-18)16(22)14-2-1-7-17-14/h3-6,14,17H,1-2,7-11H2. The molecule has 0 spiro atoms. The molecule has 2 aliphatic rings. The minimum atomic E-state index is -0.490. The zero-order valence-corrected chi connectivity index (χ0v) is 13.3. The number of piperazine rings is 1. The van der Waals surface area contributed by atoms with Crippen LogP contribution in [0.4, 0.5) is 5.69 Å². The zero-order valence-electron chi connectivity index (χ0n) is 13.3. The minimum absolute atomic E-state index is 0.0361. The van der Waals surface area contributed by atoms with Gasteiger partial charge in [-0.2, -0.15) is 0 Å². The molecule has 24 heavy (non-hydrogen) atoms. The van der Waals surface area contributed by atoms with Gasteiger partial charge in [0.1, 0.15) is 0 Å². The lowest BCUT2D eigenvalue weighted by atomic mass is 10.1. The number of benzene rings is 1. The molecule has 2 saturated heterocycles. The summed E-state index contributed by atoms with van der Waals surface area (Å²) in [6.45, 7) is 2.89. The van der Waals surface area contributed by atoms with E-state index in [1.54, 1.807) is 4.90 Å². The number of nitrogens with one attached hydrogen (secondary N) is 1. The summed E-state index contributed by atoms with van der Waals surface area (Å²) in [5, 5.41) is 13.9. The summed E-state index contributed by atoms with van der Waals surface area (Å²) in [6.07, 6.45) is 1.90. The maximum absolute atomic E-state index is 12.5.